The Morgan fingerprint density at radius 2 is 1.47 bits per heavy atom. The summed E-state index contributed by atoms with van der Waals surface area (Å²) < 4.78 is 29.5. The topological polar surface area (TPSA) is 86.8 Å². The van der Waals surface area contributed by atoms with Crippen molar-refractivity contribution in [1.29, 1.82) is 0 Å². The van der Waals surface area contributed by atoms with Crippen LogP contribution in [0.15, 0.2) is 108 Å². The lowest BCUT2D eigenvalue weighted by atomic mass is 10.0. The Kier molecular flexibility index (Phi) is 11.8. The number of hydrogen-bond acceptors (Lipinski definition) is 4. The first kappa shape index (κ1) is 33.7. The maximum atomic E-state index is 14.5. The van der Waals surface area contributed by atoms with Crippen LogP contribution in [0.2, 0.25) is 5.02 Å². The van der Waals surface area contributed by atoms with Crippen LogP contribution in [0.1, 0.15) is 42.0 Å². The molecule has 0 aliphatic heterocycles. The Labute approximate surface area is 271 Å². The fraction of sp³-hybridized carbons (Fsp3) is 0.278. The summed E-state index contributed by atoms with van der Waals surface area (Å²) in [5.41, 5.74) is 3.54. The fourth-order valence-corrected chi connectivity index (χ4v) is 6.80. The molecule has 0 aliphatic rings. The van der Waals surface area contributed by atoms with E-state index in [9.17, 15) is 18.0 Å². The van der Waals surface area contributed by atoms with Crippen LogP contribution in [0.5, 0.6) is 0 Å². The van der Waals surface area contributed by atoms with Crippen LogP contribution in [-0.2, 0) is 32.6 Å². The molecule has 4 aromatic carbocycles. The number of aryl methyl sites for hydroxylation is 2. The molecule has 45 heavy (non-hydrogen) atoms. The van der Waals surface area contributed by atoms with Crippen LogP contribution < -0.4 is 9.62 Å². The zero-order valence-corrected chi connectivity index (χ0v) is 27.5. The molecule has 0 bridgehead atoms. The van der Waals surface area contributed by atoms with E-state index in [1.807, 2.05) is 74.5 Å². The second-order valence-corrected chi connectivity index (χ2v) is 13.4. The van der Waals surface area contributed by atoms with Crippen LogP contribution in [0.25, 0.3) is 0 Å². The van der Waals surface area contributed by atoms with Crippen LogP contribution in [0, 0.1) is 13.8 Å². The largest absolute Gasteiger partial charge is 0.354 e. The van der Waals surface area contributed by atoms with Crippen molar-refractivity contribution >= 4 is 39.1 Å². The second-order valence-electron chi connectivity index (χ2n) is 11.1. The number of sulfonamides is 1. The molecule has 0 fully saturated rings. The summed E-state index contributed by atoms with van der Waals surface area (Å²) >= 11 is 6.23. The maximum absolute atomic E-state index is 14.5. The van der Waals surface area contributed by atoms with E-state index in [-0.39, 0.29) is 23.8 Å². The molecule has 1 N–H and O–H groups in total. The van der Waals surface area contributed by atoms with Crippen LogP contribution in [-0.4, -0.2) is 44.3 Å². The highest BCUT2D eigenvalue weighted by atomic mass is 35.5. The van der Waals surface area contributed by atoms with Crippen molar-refractivity contribution < 1.29 is 18.0 Å². The minimum atomic E-state index is -4.19. The molecule has 1 atom stereocenters. The third-order valence-electron chi connectivity index (χ3n) is 7.61. The quantitative estimate of drug-likeness (QED) is 0.155. The minimum absolute atomic E-state index is 0.0583. The molecule has 0 saturated heterocycles. The molecular formula is C36H40ClN3O4S. The summed E-state index contributed by atoms with van der Waals surface area (Å²) in [7, 11) is -4.19. The van der Waals surface area contributed by atoms with E-state index in [0.717, 1.165) is 33.8 Å². The lowest BCUT2D eigenvalue weighted by Crippen LogP contribution is -2.53. The first-order valence-corrected chi connectivity index (χ1v) is 16.9. The molecule has 2 amide bonds. The van der Waals surface area contributed by atoms with Gasteiger partial charge in [0.15, 0.2) is 0 Å². The maximum Gasteiger partial charge on any atom is 0.264 e. The fourth-order valence-electron chi connectivity index (χ4n) is 5.09. The number of carbonyl (C=O) groups excluding carboxylic acids is 2. The summed E-state index contributed by atoms with van der Waals surface area (Å²) in [6.07, 6.45) is 1.97. The predicted molar refractivity (Wildman–Crippen MR) is 181 cm³/mol. The molecule has 4 aromatic rings. The SMILES string of the molecule is CCCCNC(=O)[C@@H](Cc1ccccc1)N(Cc1ccccc1)C(=O)CN(c1ccc(Cl)cc1C)S(=O)(=O)c1ccc(C)cc1. The molecular weight excluding hydrogens is 606 g/mol. The number of carbonyl (C=O) groups is 2. The Balaban J connectivity index is 1.80. The molecule has 0 unspecified atom stereocenters. The van der Waals surface area contributed by atoms with Crippen LogP contribution in [0.3, 0.4) is 0 Å². The van der Waals surface area contributed by atoms with Gasteiger partial charge in [0.1, 0.15) is 12.6 Å². The summed E-state index contributed by atoms with van der Waals surface area (Å²) in [6, 6.07) is 29.4. The third kappa shape index (κ3) is 8.96. The number of amides is 2. The monoisotopic (exact) mass is 645 g/mol. The first-order chi connectivity index (χ1) is 21.6. The van der Waals surface area contributed by atoms with Gasteiger partial charge in [0.05, 0.1) is 10.6 Å². The van der Waals surface area contributed by atoms with Gasteiger partial charge < -0.3 is 10.2 Å². The number of benzene rings is 4. The number of anilines is 1. The Morgan fingerprint density at radius 1 is 0.844 bits per heavy atom. The normalized spacial score (nSPS) is 11.9. The van der Waals surface area contributed by atoms with Crippen LogP contribution in [0.4, 0.5) is 5.69 Å². The molecule has 9 heteroatoms. The number of rotatable bonds is 14. The molecule has 0 aliphatic carbocycles. The smallest absolute Gasteiger partial charge is 0.264 e. The molecule has 236 valence electrons. The average Bonchev–Trinajstić information content (AvgIpc) is 3.03. The van der Waals surface area contributed by atoms with Gasteiger partial charge in [-0.2, -0.15) is 0 Å². The number of unbranched alkanes of at least 4 members (excludes halogenated alkanes) is 1. The minimum Gasteiger partial charge on any atom is -0.354 e. The summed E-state index contributed by atoms with van der Waals surface area (Å²) in [5.74, 6) is -0.789. The van der Waals surface area contributed by atoms with E-state index in [2.05, 4.69) is 5.32 Å². The summed E-state index contributed by atoms with van der Waals surface area (Å²) in [4.78, 5) is 29.9. The van der Waals surface area contributed by atoms with E-state index >= 15 is 0 Å². The van der Waals surface area contributed by atoms with Gasteiger partial charge in [0.2, 0.25) is 11.8 Å². The van der Waals surface area contributed by atoms with E-state index in [0.29, 0.717) is 22.8 Å². The van der Waals surface area contributed by atoms with Gasteiger partial charge in [0.25, 0.3) is 10.0 Å². The van der Waals surface area contributed by atoms with Crippen molar-refractivity contribution in [1.82, 2.24) is 10.2 Å². The zero-order chi connectivity index (χ0) is 32.4. The highest BCUT2D eigenvalue weighted by molar-refractivity contribution is 7.92. The molecule has 0 aromatic heterocycles. The van der Waals surface area contributed by atoms with Crippen molar-refractivity contribution in [3.8, 4) is 0 Å². The highest BCUT2D eigenvalue weighted by Gasteiger charge is 2.35. The van der Waals surface area contributed by atoms with Crippen molar-refractivity contribution in [3.63, 3.8) is 0 Å². The molecule has 0 saturated carbocycles. The Morgan fingerprint density at radius 3 is 2.07 bits per heavy atom. The zero-order valence-electron chi connectivity index (χ0n) is 25.9. The molecule has 0 radical (unpaired) electrons. The first-order valence-electron chi connectivity index (χ1n) is 15.1. The van der Waals surface area contributed by atoms with E-state index in [4.69, 9.17) is 11.6 Å². The van der Waals surface area contributed by atoms with Crippen molar-refractivity contribution in [3.05, 3.63) is 130 Å². The number of halogens is 1. The van der Waals surface area contributed by atoms with Gasteiger partial charge in [-0.15, -0.1) is 0 Å². The van der Waals surface area contributed by atoms with Crippen LogP contribution >= 0.6 is 11.6 Å². The molecule has 0 heterocycles. The summed E-state index contributed by atoms with van der Waals surface area (Å²) in [6.45, 7) is 5.76. The molecule has 7 nitrogen and oxygen atoms in total. The van der Waals surface area contributed by atoms with Gasteiger partial charge in [-0.05, 0) is 67.3 Å². The summed E-state index contributed by atoms with van der Waals surface area (Å²) in [5, 5.41) is 3.46. The standard InChI is InChI=1S/C36H40ClN3O4S/c1-4-5-22-38-36(42)34(24-29-12-8-6-9-13-29)39(25-30-14-10-7-11-15-30)35(41)26-40(33-21-18-31(37)23-28(33)3)45(43,44)32-19-16-27(2)17-20-32/h6-21,23,34H,4-5,22,24-26H2,1-3H3,(H,38,42)/t34-/m1/s1. The lowest BCUT2D eigenvalue weighted by molar-refractivity contribution is -0.140. The van der Waals surface area contributed by atoms with Crippen molar-refractivity contribution in [2.24, 2.45) is 0 Å². The van der Waals surface area contributed by atoms with Gasteiger partial charge in [-0.1, -0.05) is 103 Å². The van der Waals surface area contributed by atoms with E-state index < -0.39 is 28.5 Å². The van der Waals surface area contributed by atoms with Gasteiger partial charge in [0, 0.05) is 24.5 Å². The second kappa shape index (κ2) is 15.7. The van der Waals surface area contributed by atoms with Gasteiger partial charge >= 0.3 is 0 Å². The Bertz CT molecular complexity index is 1680. The number of hydrogen-bond donors (Lipinski definition) is 1. The number of nitrogens with zero attached hydrogens (tertiary/aromatic N) is 2. The van der Waals surface area contributed by atoms with E-state index in [1.165, 1.54) is 17.0 Å². The highest BCUT2D eigenvalue weighted by Crippen LogP contribution is 2.30. The predicted octanol–water partition coefficient (Wildman–Crippen LogP) is 6.71. The number of nitrogens with one attached hydrogen (secondary N) is 1. The molecule has 4 rings (SSSR count). The molecule has 0 spiro atoms. The third-order valence-corrected chi connectivity index (χ3v) is 9.62. The van der Waals surface area contributed by atoms with Crippen molar-refractivity contribution in [2.45, 2.75) is 57.5 Å². The Hall–Kier alpha value is -4.14. The van der Waals surface area contributed by atoms with Crippen molar-refractivity contribution in [2.75, 3.05) is 17.4 Å². The lowest BCUT2D eigenvalue weighted by Gasteiger charge is -2.34. The van der Waals surface area contributed by atoms with E-state index in [1.54, 1.807) is 37.3 Å². The van der Waals surface area contributed by atoms with Gasteiger partial charge in [-0.3, -0.25) is 13.9 Å². The van der Waals surface area contributed by atoms with Gasteiger partial charge in [-0.25, -0.2) is 8.42 Å². The average molecular weight is 646 g/mol.